The molecule has 136 valence electrons. The molecule has 27 heavy (non-hydrogen) atoms. The molecule has 6 nitrogen and oxygen atoms in total. The van der Waals surface area contributed by atoms with E-state index in [0.717, 1.165) is 10.6 Å². The lowest BCUT2D eigenvalue weighted by molar-refractivity contribution is -0.111. The number of nitrogens with zero attached hydrogens (tertiary/aromatic N) is 2. The van der Waals surface area contributed by atoms with E-state index >= 15 is 0 Å². The van der Waals surface area contributed by atoms with E-state index in [1.165, 1.54) is 17.4 Å². The zero-order chi connectivity index (χ0) is 18.6. The lowest BCUT2D eigenvalue weighted by Crippen LogP contribution is -2.35. The van der Waals surface area contributed by atoms with E-state index in [2.05, 4.69) is 10.3 Å². The minimum Gasteiger partial charge on any atom is -0.465 e. The van der Waals surface area contributed by atoms with Crippen LogP contribution in [0.25, 0.3) is 6.08 Å². The third-order valence-corrected chi connectivity index (χ3v) is 5.21. The summed E-state index contributed by atoms with van der Waals surface area (Å²) in [5.74, 6) is 0.356. The molecule has 1 N–H and O–H groups in total. The third-order valence-electron chi connectivity index (χ3n) is 4.21. The highest BCUT2D eigenvalue weighted by Crippen LogP contribution is 2.29. The zero-order valence-electron chi connectivity index (χ0n) is 14.4. The van der Waals surface area contributed by atoms with Gasteiger partial charge >= 0.3 is 0 Å². The van der Waals surface area contributed by atoms with Crippen molar-refractivity contribution in [3.63, 3.8) is 0 Å². The Hall–Kier alpha value is -3.19. The Bertz CT molecular complexity index is 977. The van der Waals surface area contributed by atoms with Gasteiger partial charge in [0.05, 0.1) is 18.5 Å². The van der Waals surface area contributed by atoms with E-state index in [9.17, 15) is 9.59 Å². The number of thiazole rings is 1. The van der Waals surface area contributed by atoms with Crippen LogP contribution in [-0.2, 0) is 17.8 Å². The van der Waals surface area contributed by atoms with Crippen LogP contribution >= 0.6 is 11.3 Å². The van der Waals surface area contributed by atoms with Gasteiger partial charge in [-0.2, -0.15) is 0 Å². The molecule has 3 aromatic rings. The predicted octanol–water partition coefficient (Wildman–Crippen LogP) is 3.59. The molecule has 0 saturated heterocycles. The molecule has 1 aromatic carbocycles. The van der Waals surface area contributed by atoms with Crippen LogP contribution in [0.15, 0.2) is 59.2 Å². The molecule has 1 aliphatic heterocycles. The summed E-state index contributed by atoms with van der Waals surface area (Å²) in [4.78, 5) is 32.0. The number of furan rings is 1. The Morgan fingerprint density at radius 3 is 2.81 bits per heavy atom. The summed E-state index contributed by atoms with van der Waals surface area (Å²) < 4.78 is 5.15. The second-order valence-electron chi connectivity index (χ2n) is 6.07. The van der Waals surface area contributed by atoms with Gasteiger partial charge in [0.15, 0.2) is 5.13 Å². The molecule has 0 unspecified atom stereocenters. The number of aromatic nitrogens is 1. The largest absolute Gasteiger partial charge is 0.465 e. The summed E-state index contributed by atoms with van der Waals surface area (Å²) in [5, 5.41) is 3.32. The third kappa shape index (κ3) is 3.98. The molecule has 1 aliphatic rings. The predicted molar refractivity (Wildman–Crippen MR) is 103 cm³/mol. The number of carbonyl (C=O) groups is 2. The van der Waals surface area contributed by atoms with Gasteiger partial charge in [0.2, 0.25) is 5.91 Å². The minimum absolute atomic E-state index is 0.0154. The molecule has 0 fully saturated rings. The average molecular weight is 379 g/mol. The fourth-order valence-electron chi connectivity index (χ4n) is 2.88. The smallest absolute Gasteiger partial charge is 0.254 e. The number of carbonyl (C=O) groups excluding carboxylic acids is 2. The molecular formula is C20H17N3O3S. The second-order valence-corrected chi connectivity index (χ2v) is 7.15. The fraction of sp³-hybridized carbons (Fsp3) is 0.150. The van der Waals surface area contributed by atoms with Crippen molar-refractivity contribution in [3.05, 3.63) is 76.7 Å². The van der Waals surface area contributed by atoms with Crippen LogP contribution in [0.2, 0.25) is 0 Å². The van der Waals surface area contributed by atoms with E-state index in [1.54, 1.807) is 24.5 Å². The Balaban J connectivity index is 1.41. The first-order chi connectivity index (χ1) is 13.2. The average Bonchev–Trinajstić information content (AvgIpc) is 3.35. The first-order valence-electron chi connectivity index (χ1n) is 8.54. The lowest BCUT2D eigenvalue weighted by atomic mass is 10.1. The maximum Gasteiger partial charge on any atom is 0.254 e. The molecule has 0 saturated carbocycles. The number of amides is 2. The molecule has 0 radical (unpaired) electrons. The van der Waals surface area contributed by atoms with Gasteiger partial charge in [0.1, 0.15) is 5.76 Å². The molecule has 7 heteroatoms. The number of anilines is 1. The first kappa shape index (κ1) is 17.2. The molecule has 3 heterocycles. The number of nitrogens with one attached hydrogen (secondary N) is 1. The highest BCUT2D eigenvalue weighted by atomic mass is 32.1. The Morgan fingerprint density at radius 2 is 2.04 bits per heavy atom. The van der Waals surface area contributed by atoms with Crippen molar-refractivity contribution >= 4 is 34.4 Å². The van der Waals surface area contributed by atoms with Crippen LogP contribution in [0.1, 0.15) is 26.7 Å². The van der Waals surface area contributed by atoms with E-state index in [-0.39, 0.29) is 11.8 Å². The topological polar surface area (TPSA) is 75.4 Å². The summed E-state index contributed by atoms with van der Waals surface area (Å²) in [6.07, 6.45) is 5.24. The monoisotopic (exact) mass is 379 g/mol. The highest BCUT2D eigenvalue weighted by molar-refractivity contribution is 7.15. The Morgan fingerprint density at radius 1 is 1.19 bits per heavy atom. The zero-order valence-corrected chi connectivity index (χ0v) is 15.2. The minimum atomic E-state index is -0.269. The van der Waals surface area contributed by atoms with Gasteiger partial charge < -0.3 is 9.32 Å². The van der Waals surface area contributed by atoms with E-state index in [0.29, 0.717) is 36.0 Å². The van der Waals surface area contributed by atoms with Gasteiger partial charge in [-0.15, -0.1) is 0 Å². The van der Waals surface area contributed by atoms with Crippen molar-refractivity contribution < 1.29 is 14.0 Å². The van der Waals surface area contributed by atoms with Crippen LogP contribution in [0.4, 0.5) is 5.13 Å². The van der Waals surface area contributed by atoms with E-state index < -0.39 is 0 Å². The fourth-order valence-corrected chi connectivity index (χ4v) is 3.90. The summed E-state index contributed by atoms with van der Waals surface area (Å²) >= 11 is 1.41. The summed E-state index contributed by atoms with van der Waals surface area (Å²) in [6.45, 7) is 1.13. The summed E-state index contributed by atoms with van der Waals surface area (Å²) in [7, 11) is 0. The van der Waals surface area contributed by atoms with Crippen molar-refractivity contribution in [2.75, 3.05) is 11.9 Å². The SMILES string of the molecule is O=C(/C=C/c1ccco1)Nc1nc2c(s1)CN(C(=O)c1ccccc1)CC2. The van der Waals surface area contributed by atoms with Gasteiger partial charge in [-0.1, -0.05) is 29.5 Å². The van der Waals surface area contributed by atoms with Crippen molar-refractivity contribution in [2.24, 2.45) is 0 Å². The van der Waals surface area contributed by atoms with Crippen molar-refractivity contribution in [2.45, 2.75) is 13.0 Å². The molecule has 0 spiro atoms. The molecule has 0 bridgehead atoms. The first-order valence-corrected chi connectivity index (χ1v) is 9.36. The molecule has 0 aliphatic carbocycles. The van der Waals surface area contributed by atoms with Gasteiger partial charge in [-0.3, -0.25) is 14.9 Å². The van der Waals surface area contributed by atoms with E-state index in [4.69, 9.17) is 4.42 Å². The summed E-state index contributed by atoms with van der Waals surface area (Å²) in [5.41, 5.74) is 1.63. The summed E-state index contributed by atoms with van der Waals surface area (Å²) in [6, 6.07) is 12.8. The van der Waals surface area contributed by atoms with Gasteiger partial charge in [0.25, 0.3) is 5.91 Å². The van der Waals surface area contributed by atoms with Crippen molar-refractivity contribution in [1.29, 1.82) is 0 Å². The molecule has 2 amide bonds. The number of hydrogen-bond acceptors (Lipinski definition) is 5. The van der Waals surface area contributed by atoms with Gasteiger partial charge in [0, 0.05) is 29.5 Å². The second kappa shape index (κ2) is 7.59. The van der Waals surface area contributed by atoms with Gasteiger partial charge in [-0.05, 0) is 30.3 Å². The molecule has 4 rings (SSSR count). The van der Waals surface area contributed by atoms with Crippen LogP contribution in [-0.4, -0.2) is 28.2 Å². The van der Waals surface area contributed by atoms with Crippen LogP contribution < -0.4 is 5.32 Å². The van der Waals surface area contributed by atoms with Crippen LogP contribution in [0.5, 0.6) is 0 Å². The maximum absolute atomic E-state index is 12.6. The quantitative estimate of drug-likeness (QED) is 0.703. The number of benzene rings is 1. The maximum atomic E-state index is 12.6. The normalized spacial score (nSPS) is 13.6. The highest BCUT2D eigenvalue weighted by Gasteiger charge is 2.25. The van der Waals surface area contributed by atoms with Crippen LogP contribution in [0, 0.1) is 0 Å². The molecule has 2 aromatic heterocycles. The van der Waals surface area contributed by atoms with Crippen molar-refractivity contribution in [3.8, 4) is 0 Å². The molecule has 0 atom stereocenters. The lowest BCUT2D eigenvalue weighted by Gasteiger charge is -2.26. The van der Waals surface area contributed by atoms with Crippen molar-refractivity contribution in [1.82, 2.24) is 9.88 Å². The standard InChI is InChI=1S/C20H17N3O3S/c24-18(9-8-15-7-4-12-26-15)22-20-21-16-10-11-23(13-17(16)27-20)19(25)14-5-2-1-3-6-14/h1-9,12H,10-11,13H2,(H,21,22,24)/b9-8+. The van der Waals surface area contributed by atoms with E-state index in [1.807, 2.05) is 35.2 Å². The van der Waals surface area contributed by atoms with Gasteiger partial charge in [-0.25, -0.2) is 4.98 Å². The van der Waals surface area contributed by atoms with Crippen LogP contribution in [0.3, 0.4) is 0 Å². The number of hydrogen-bond donors (Lipinski definition) is 1. The number of rotatable bonds is 4. The number of fused-ring (bicyclic) bond motifs is 1. The molecular weight excluding hydrogens is 362 g/mol. The Labute approximate surface area is 160 Å². The Kier molecular flexibility index (Phi) is 4.84.